The van der Waals surface area contributed by atoms with E-state index in [4.69, 9.17) is 9.47 Å². The Hall–Kier alpha value is -4.00. The number of aryl methyl sites for hydroxylation is 4. The van der Waals surface area contributed by atoms with Crippen molar-refractivity contribution < 1.29 is 29.3 Å². The Morgan fingerprint density at radius 2 is 1.17 bits per heavy atom. The molecule has 0 saturated carbocycles. The maximum atomic E-state index is 12.4. The fraction of sp³-hybridized carbons (Fsp3) is 0.400. The van der Waals surface area contributed by atoms with Crippen molar-refractivity contribution in [3.63, 3.8) is 0 Å². The molecule has 0 heterocycles. The first-order valence-corrected chi connectivity index (χ1v) is 16.4. The van der Waals surface area contributed by atoms with E-state index in [1.54, 1.807) is 0 Å². The second kappa shape index (κ2) is 18.2. The SMILES string of the molecule is C=C(C(=O)OCC(COC(=O)C(=C)C(C)O)c1ccc(-c2ccc(CCc3ccc(CCCCC)cc3)cc2)c(CC)c1)C(C)O. The van der Waals surface area contributed by atoms with Gasteiger partial charge in [-0.25, -0.2) is 9.59 Å². The number of aliphatic hydroxyl groups is 2. The topological polar surface area (TPSA) is 93.1 Å². The molecule has 0 saturated heterocycles. The van der Waals surface area contributed by atoms with Crippen molar-refractivity contribution >= 4 is 11.9 Å². The number of rotatable bonds is 18. The smallest absolute Gasteiger partial charge is 0.336 e. The van der Waals surface area contributed by atoms with Crippen LogP contribution in [0, 0.1) is 0 Å². The first kappa shape index (κ1) is 36.5. The van der Waals surface area contributed by atoms with E-state index in [9.17, 15) is 19.8 Å². The van der Waals surface area contributed by atoms with Crippen molar-refractivity contribution in [2.75, 3.05) is 13.2 Å². The molecule has 246 valence electrons. The lowest BCUT2D eigenvalue weighted by Crippen LogP contribution is -2.24. The van der Waals surface area contributed by atoms with Crippen LogP contribution < -0.4 is 0 Å². The normalized spacial score (nSPS) is 13.0. The van der Waals surface area contributed by atoms with E-state index in [1.165, 1.54) is 49.8 Å². The molecule has 2 N–H and O–H groups in total. The number of esters is 2. The minimum atomic E-state index is -1.04. The summed E-state index contributed by atoms with van der Waals surface area (Å²) in [5.41, 5.74) is 8.10. The number of carbonyl (C=O) groups excluding carboxylic acids is 2. The van der Waals surface area contributed by atoms with Gasteiger partial charge in [0.1, 0.15) is 13.2 Å². The fourth-order valence-corrected chi connectivity index (χ4v) is 5.15. The Kier molecular flexibility index (Phi) is 14.4. The lowest BCUT2D eigenvalue weighted by Gasteiger charge is -2.21. The third kappa shape index (κ3) is 10.8. The number of hydrogen-bond donors (Lipinski definition) is 2. The molecule has 0 radical (unpaired) electrons. The summed E-state index contributed by atoms with van der Waals surface area (Å²) in [4.78, 5) is 24.8. The Morgan fingerprint density at radius 3 is 1.63 bits per heavy atom. The molecule has 0 fully saturated rings. The Bertz CT molecular complexity index is 1410. The monoisotopic (exact) mass is 626 g/mol. The lowest BCUT2D eigenvalue weighted by atomic mass is 9.91. The van der Waals surface area contributed by atoms with Gasteiger partial charge in [-0.15, -0.1) is 0 Å². The van der Waals surface area contributed by atoms with Crippen molar-refractivity contribution in [2.24, 2.45) is 0 Å². The number of hydrogen-bond acceptors (Lipinski definition) is 6. The second-order valence-corrected chi connectivity index (χ2v) is 12.0. The average molecular weight is 627 g/mol. The quantitative estimate of drug-likeness (QED) is 0.0864. The zero-order chi connectivity index (χ0) is 33.6. The summed E-state index contributed by atoms with van der Waals surface area (Å²) in [5.74, 6) is -1.92. The van der Waals surface area contributed by atoms with E-state index in [0.29, 0.717) is 0 Å². The summed E-state index contributed by atoms with van der Waals surface area (Å²) in [6, 6.07) is 23.8. The van der Waals surface area contributed by atoms with Crippen LogP contribution in [0.2, 0.25) is 0 Å². The van der Waals surface area contributed by atoms with Gasteiger partial charge in [-0.05, 0) is 84.9 Å². The molecule has 0 amide bonds. The van der Waals surface area contributed by atoms with Crippen LogP contribution in [0.15, 0.2) is 91.0 Å². The molecule has 3 rings (SSSR count). The molecule has 6 heteroatoms. The number of aliphatic hydroxyl groups excluding tert-OH is 2. The highest BCUT2D eigenvalue weighted by molar-refractivity contribution is 5.89. The number of ether oxygens (including phenoxy) is 2. The van der Waals surface area contributed by atoms with Crippen molar-refractivity contribution in [1.29, 1.82) is 0 Å². The highest BCUT2D eigenvalue weighted by Crippen LogP contribution is 2.29. The van der Waals surface area contributed by atoms with Gasteiger partial charge in [0.25, 0.3) is 0 Å². The van der Waals surface area contributed by atoms with Gasteiger partial charge in [0, 0.05) is 0 Å². The summed E-state index contributed by atoms with van der Waals surface area (Å²) in [5, 5.41) is 19.4. The molecule has 46 heavy (non-hydrogen) atoms. The maximum Gasteiger partial charge on any atom is 0.336 e. The zero-order valence-corrected chi connectivity index (χ0v) is 27.9. The van der Waals surface area contributed by atoms with Crippen LogP contribution in [-0.2, 0) is 44.7 Å². The van der Waals surface area contributed by atoms with Crippen molar-refractivity contribution in [1.82, 2.24) is 0 Å². The minimum absolute atomic E-state index is 0.0537. The van der Waals surface area contributed by atoms with Gasteiger partial charge in [0.05, 0.1) is 29.3 Å². The Labute approximate surface area is 274 Å². The van der Waals surface area contributed by atoms with E-state index in [2.05, 4.69) is 81.6 Å². The van der Waals surface area contributed by atoms with Crippen LogP contribution in [0.1, 0.15) is 80.7 Å². The Balaban J connectivity index is 1.72. The van der Waals surface area contributed by atoms with E-state index in [0.717, 1.165) is 47.9 Å². The lowest BCUT2D eigenvalue weighted by molar-refractivity contribution is -0.143. The molecule has 0 aliphatic heterocycles. The van der Waals surface area contributed by atoms with E-state index in [1.807, 2.05) is 12.1 Å². The molecular weight excluding hydrogens is 576 g/mol. The number of carbonyl (C=O) groups is 2. The van der Waals surface area contributed by atoms with Crippen molar-refractivity contribution in [3.8, 4) is 11.1 Å². The van der Waals surface area contributed by atoms with E-state index in [-0.39, 0.29) is 24.4 Å². The maximum absolute atomic E-state index is 12.4. The minimum Gasteiger partial charge on any atom is -0.461 e. The first-order chi connectivity index (χ1) is 22.0. The molecule has 0 aliphatic rings. The fourth-order valence-electron chi connectivity index (χ4n) is 5.15. The van der Waals surface area contributed by atoms with Gasteiger partial charge in [-0.1, -0.05) is 107 Å². The predicted octanol–water partition coefficient (Wildman–Crippen LogP) is 7.48. The van der Waals surface area contributed by atoms with Gasteiger partial charge in [0.15, 0.2) is 0 Å². The number of unbranched alkanes of at least 4 members (excludes halogenated alkanes) is 2. The predicted molar refractivity (Wildman–Crippen MR) is 185 cm³/mol. The molecule has 2 atom stereocenters. The van der Waals surface area contributed by atoms with E-state index < -0.39 is 30.1 Å². The summed E-state index contributed by atoms with van der Waals surface area (Å²) >= 11 is 0. The third-order valence-corrected chi connectivity index (χ3v) is 8.41. The molecule has 3 aromatic carbocycles. The van der Waals surface area contributed by atoms with Crippen LogP contribution in [0.5, 0.6) is 0 Å². The van der Waals surface area contributed by atoms with Gasteiger partial charge >= 0.3 is 11.9 Å². The largest absolute Gasteiger partial charge is 0.461 e. The molecule has 0 aromatic heterocycles. The molecule has 2 unspecified atom stereocenters. The van der Waals surface area contributed by atoms with Crippen LogP contribution in [0.3, 0.4) is 0 Å². The molecule has 3 aromatic rings. The van der Waals surface area contributed by atoms with Gasteiger partial charge in [-0.3, -0.25) is 0 Å². The first-order valence-electron chi connectivity index (χ1n) is 16.4. The highest BCUT2D eigenvalue weighted by atomic mass is 16.5. The average Bonchev–Trinajstić information content (AvgIpc) is 3.06. The van der Waals surface area contributed by atoms with Gasteiger partial charge in [-0.2, -0.15) is 0 Å². The van der Waals surface area contributed by atoms with Gasteiger partial charge in [0.2, 0.25) is 0 Å². The zero-order valence-electron chi connectivity index (χ0n) is 27.9. The van der Waals surface area contributed by atoms with E-state index >= 15 is 0 Å². The van der Waals surface area contributed by atoms with Gasteiger partial charge < -0.3 is 19.7 Å². The van der Waals surface area contributed by atoms with Crippen molar-refractivity contribution in [3.05, 3.63) is 119 Å². The molecular formula is C40H50O6. The molecule has 0 bridgehead atoms. The summed E-state index contributed by atoms with van der Waals surface area (Å²) < 4.78 is 10.9. The molecule has 0 spiro atoms. The summed E-state index contributed by atoms with van der Waals surface area (Å²) in [6.07, 6.45) is 5.57. The third-order valence-electron chi connectivity index (χ3n) is 8.41. The standard InChI is InChI=1S/C40H50O6/c1-7-9-10-11-31-12-14-32(15-13-31)16-17-33-18-20-35(21-19-33)38-23-22-36(24-34(38)8-2)37(25-45-39(43)27(3)29(5)41)26-46-40(44)28(4)30(6)42/h12-15,18-24,29-30,37,41-42H,3-4,7-11,16-17,25-26H2,1-2,5-6H3. The second-order valence-electron chi connectivity index (χ2n) is 12.0. The van der Waals surface area contributed by atoms with Crippen LogP contribution in [0.25, 0.3) is 11.1 Å². The number of benzene rings is 3. The summed E-state index contributed by atoms with van der Waals surface area (Å²) in [6.45, 7) is 14.2. The highest BCUT2D eigenvalue weighted by Gasteiger charge is 2.22. The Morgan fingerprint density at radius 1 is 0.696 bits per heavy atom. The molecule has 0 aliphatic carbocycles. The van der Waals surface area contributed by atoms with Crippen LogP contribution in [-0.4, -0.2) is 47.6 Å². The molecule has 6 nitrogen and oxygen atoms in total. The summed E-state index contributed by atoms with van der Waals surface area (Å²) in [7, 11) is 0. The van der Waals surface area contributed by atoms with Crippen LogP contribution >= 0.6 is 0 Å². The van der Waals surface area contributed by atoms with Crippen molar-refractivity contribution in [2.45, 2.75) is 90.8 Å². The van der Waals surface area contributed by atoms with Crippen LogP contribution in [0.4, 0.5) is 0 Å².